The van der Waals surface area contributed by atoms with Gasteiger partial charge < -0.3 is 9.67 Å². The summed E-state index contributed by atoms with van der Waals surface area (Å²) < 4.78 is 1.94. The van der Waals surface area contributed by atoms with E-state index in [-0.39, 0.29) is 11.5 Å². The summed E-state index contributed by atoms with van der Waals surface area (Å²) in [6.07, 6.45) is 0. The number of aromatic carboxylic acids is 1. The lowest BCUT2D eigenvalue weighted by molar-refractivity contribution is 0.0697. The van der Waals surface area contributed by atoms with Crippen LogP contribution in [0.4, 0.5) is 0 Å². The Morgan fingerprint density at radius 2 is 1.81 bits per heavy atom. The van der Waals surface area contributed by atoms with Crippen LogP contribution in [0.3, 0.4) is 0 Å². The first kappa shape index (κ1) is 17.1. The summed E-state index contributed by atoms with van der Waals surface area (Å²) in [5.74, 6) is -1.30. The first-order valence-corrected chi connectivity index (χ1v) is 9.34. The van der Waals surface area contributed by atoms with Gasteiger partial charge in [0.15, 0.2) is 0 Å². The van der Waals surface area contributed by atoms with E-state index in [0.29, 0.717) is 16.0 Å². The van der Waals surface area contributed by atoms with Crippen molar-refractivity contribution >= 4 is 28.2 Å². The van der Waals surface area contributed by atoms with Crippen LogP contribution < -0.4 is 0 Å². The van der Waals surface area contributed by atoms with Gasteiger partial charge in [-0.1, -0.05) is 48.5 Å². The minimum atomic E-state index is -0.962. The highest BCUT2D eigenvalue weighted by Crippen LogP contribution is 2.40. The summed E-state index contributed by atoms with van der Waals surface area (Å²) in [6, 6.07) is 21.4. The van der Waals surface area contributed by atoms with Crippen molar-refractivity contribution in [2.24, 2.45) is 7.05 Å². The standard InChI is InChI=1S/C22H16N2O2S/c1-24-17-10-6-5-9-15(17)20(22(25)26)21(24)19(14-7-3-2-4-8-14)16-11-12-27-18(16)13-23/h2-12,19H,1H3,(H,25,26). The van der Waals surface area contributed by atoms with Crippen LogP contribution in [0.1, 0.15) is 38.0 Å². The van der Waals surface area contributed by atoms with E-state index in [0.717, 1.165) is 16.6 Å². The SMILES string of the molecule is Cn1c(C(c2ccccc2)c2ccsc2C#N)c(C(=O)O)c2ccccc21. The molecule has 1 N–H and O–H groups in total. The Hall–Kier alpha value is -3.36. The van der Waals surface area contributed by atoms with Gasteiger partial charge in [-0.15, -0.1) is 11.3 Å². The number of aryl methyl sites for hydroxylation is 1. The summed E-state index contributed by atoms with van der Waals surface area (Å²) in [6.45, 7) is 0. The summed E-state index contributed by atoms with van der Waals surface area (Å²) in [7, 11) is 1.89. The summed E-state index contributed by atoms with van der Waals surface area (Å²) >= 11 is 1.38. The van der Waals surface area contributed by atoms with Crippen molar-refractivity contribution in [3.8, 4) is 6.07 Å². The number of carboxylic acids is 1. The highest BCUT2D eigenvalue weighted by molar-refractivity contribution is 7.10. The first-order valence-electron chi connectivity index (χ1n) is 8.46. The number of thiophene rings is 1. The Bertz CT molecular complexity index is 1180. The summed E-state index contributed by atoms with van der Waals surface area (Å²) in [4.78, 5) is 12.8. The molecule has 0 aliphatic carbocycles. The van der Waals surface area contributed by atoms with Crippen LogP contribution in [0.5, 0.6) is 0 Å². The van der Waals surface area contributed by atoms with Gasteiger partial charge >= 0.3 is 5.97 Å². The molecule has 0 amide bonds. The molecule has 0 aliphatic heterocycles. The van der Waals surface area contributed by atoms with Gasteiger partial charge in [0.1, 0.15) is 10.9 Å². The minimum Gasteiger partial charge on any atom is -0.478 e. The zero-order valence-electron chi connectivity index (χ0n) is 14.6. The highest BCUT2D eigenvalue weighted by atomic mass is 32.1. The number of benzene rings is 2. The lowest BCUT2D eigenvalue weighted by Gasteiger charge is -2.20. The Morgan fingerprint density at radius 3 is 2.52 bits per heavy atom. The van der Waals surface area contributed by atoms with Gasteiger partial charge in [-0.3, -0.25) is 0 Å². The molecule has 0 aliphatic rings. The molecule has 132 valence electrons. The summed E-state index contributed by atoms with van der Waals surface area (Å²) in [5.41, 5.74) is 3.63. The third kappa shape index (κ3) is 2.71. The summed E-state index contributed by atoms with van der Waals surface area (Å²) in [5, 5.41) is 22.2. The third-order valence-corrected chi connectivity index (χ3v) is 5.72. The molecule has 2 heterocycles. The number of nitriles is 1. The average Bonchev–Trinajstić information content (AvgIpc) is 3.27. The van der Waals surface area contributed by atoms with Crippen molar-refractivity contribution in [3.05, 3.63) is 93.3 Å². The second-order valence-corrected chi connectivity index (χ2v) is 7.22. The number of fused-ring (bicyclic) bond motifs is 1. The molecule has 1 atom stereocenters. The second-order valence-electron chi connectivity index (χ2n) is 6.30. The third-order valence-electron chi connectivity index (χ3n) is 4.88. The van der Waals surface area contributed by atoms with E-state index in [4.69, 9.17) is 0 Å². The largest absolute Gasteiger partial charge is 0.478 e. The first-order chi connectivity index (χ1) is 13.1. The van der Waals surface area contributed by atoms with E-state index in [1.54, 1.807) is 0 Å². The minimum absolute atomic E-state index is 0.289. The number of carbonyl (C=O) groups is 1. The van der Waals surface area contributed by atoms with Crippen LogP contribution in [0.25, 0.3) is 10.9 Å². The average molecular weight is 372 g/mol. The van der Waals surface area contributed by atoms with E-state index < -0.39 is 5.97 Å². The molecule has 27 heavy (non-hydrogen) atoms. The lowest BCUT2D eigenvalue weighted by atomic mass is 9.86. The van der Waals surface area contributed by atoms with Gasteiger partial charge in [-0.05, 0) is 28.6 Å². The Morgan fingerprint density at radius 1 is 1.11 bits per heavy atom. The Balaban J connectivity index is 2.11. The lowest BCUT2D eigenvalue weighted by Crippen LogP contribution is -2.13. The van der Waals surface area contributed by atoms with E-state index in [1.807, 2.05) is 77.7 Å². The topological polar surface area (TPSA) is 66.0 Å². The molecule has 1 unspecified atom stereocenters. The van der Waals surface area contributed by atoms with Gasteiger partial charge in [-0.2, -0.15) is 5.26 Å². The maximum atomic E-state index is 12.2. The van der Waals surface area contributed by atoms with Gasteiger partial charge in [0, 0.05) is 23.6 Å². The predicted octanol–water partition coefficient (Wildman–Crippen LogP) is 4.99. The normalized spacial score (nSPS) is 12.0. The van der Waals surface area contributed by atoms with Gasteiger partial charge in [-0.25, -0.2) is 4.79 Å². The zero-order valence-corrected chi connectivity index (χ0v) is 15.4. The number of carboxylic acid groups (broad SMARTS) is 1. The second kappa shape index (κ2) is 6.75. The molecule has 0 spiro atoms. The van der Waals surface area contributed by atoms with Crippen LogP contribution in [0.15, 0.2) is 66.0 Å². The number of rotatable bonds is 4. The molecule has 0 fully saturated rings. The van der Waals surface area contributed by atoms with Crippen molar-refractivity contribution in [1.29, 1.82) is 5.26 Å². The molecule has 0 radical (unpaired) electrons. The molecule has 2 aromatic carbocycles. The number of aromatic nitrogens is 1. The van der Waals surface area contributed by atoms with Crippen LogP contribution in [-0.4, -0.2) is 15.6 Å². The zero-order chi connectivity index (χ0) is 19.0. The van der Waals surface area contributed by atoms with Gasteiger partial charge in [0.25, 0.3) is 0 Å². The van der Waals surface area contributed by atoms with Gasteiger partial charge in [0.2, 0.25) is 0 Å². The van der Waals surface area contributed by atoms with E-state index in [2.05, 4.69) is 6.07 Å². The molecule has 0 saturated heterocycles. The molecular weight excluding hydrogens is 356 g/mol. The van der Waals surface area contributed by atoms with Crippen LogP contribution in [0.2, 0.25) is 0 Å². The molecule has 0 bridgehead atoms. The number of hydrogen-bond acceptors (Lipinski definition) is 3. The fourth-order valence-corrected chi connectivity index (χ4v) is 4.47. The van der Waals surface area contributed by atoms with Crippen molar-refractivity contribution in [3.63, 3.8) is 0 Å². The van der Waals surface area contributed by atoms with E-state index in [1.165, 1.54) is 11.3 Å². The predicted molar refractivity (Wildman–Crippen MR) is 106 cm³/mol. The van der Waals surface area contributed by atoms with Crippen molar-refractivity contribution in [1.82, 2.24) is 4.57 Å². The molecule has 5 heteroatoms. The van der Waals surface area contributed by atoms with Crippen molar-refractivity contribution in [2.75, 3.05) is 0 Å². The van der Waals surface area contributed by atoms with E-state index in [9.17, 15) is 15.2 Å². The molecule has 4 aromatic rings. The fraction of sp³-hybridized carbons (Fsp3) is 0.0909. The molecular formula is C22H16N2O2S. The van der Waals surface area contributed by atoms with E-state index >= 15 is 0 Å². The molecule has 2 aromatic heterocycles. The van der Waals surface area contributed by atoms with Crippen molar-refractivity contribution in [2.45, 2.75) is 5.92 Å². The Labute approximate surface area is 160 Å². The number of para-hydroxylation sites is 1. The molecule has 0 saturated carbocycles. The fourth-order valence-electron chi connectivity index (χ4n) is 3.74. The number of nitrogens with zero attached hydrogens (tertiary/aromatic N) is 2. The number of hydrogen-bond donors (Lipinski definition) is 1. The maximum absolute atomic E-state index is 12.2. The molecule has 4 nitrogen and oxygen atoms in total. The quantitative estimate of drug-likeness (QED) is 0.549. The van der Waals surface area contributed by atoms with Crippen LogP contribution in [0, 0.1) is 11.3 Å². The van der Waals surface area contributed by atoms with Crippen LogP contribution in [-0.2, 0) is 7.05 Å². The van der Waals surface area contributed by atoms with Gasteiger partial charge in [0.05, 0.1) is 11.5 Å². The van der Waals surface area contributed by atoms with Crippen molar-refractivity contribution < 1.29 is 9.90 Å². The highest BCUT2D eigenvalue weighted by Gasteiger charge is 2.30. The smallest absolute Gasteiger partial charge is 0.338 e. The van der Waals surface area contributed by atoms with Crippen LogP contribution >= 0.6 is 11.3 Å². The molecule has 4 rings (SSSR count). The Kier molecular flexibility index (Phi) is 4.27. The monoisotopic (exact) mass is 372 g/mol. The maximum Gasteiger partial charge on any atom is 0.338 e.